The van der Waals surface area contributed by atoms with Gasteiger partial charge in [-0.25, -0.2) is 9.97 Å². The van der Waals surface area contributed by atoms with E-state index in [9.17, 15) is 0 Å². The maximum absolute atomic E-state index is 4.42. The normalized spacial score (nSPS) is 12.4. The van der Waals surface area contributed by atoms with Crippen molar-refractivity contribution in [3.8, 4) is 0 Å². The van der Waals surface area contributed by atoms with E-state index in [-0.39, 0.29) is 6.04 Å². The van der Waals surface area contributed by atoms with Crippen LogP contribution in [0.4, 0.5) is 0 Å². The van der Waals surface area contributed by atoms with Crippen LogP contribution in [0.3, 0.4) is 0 Å². The Balaban J connectivity index is 1.95. The first kappa shape index (κ1) is 13.6. The van der Waals surface area contributed by atoms with Gasteiger partial charge in [0.1, 0.15) is 5.82 Å². The molecule has 0 aliphatic heterocycles. The van der Waals surface area contributed by atoms with E-state index in [0.717, 1.165) is 24.3 Å². The Morgan fingerprint density at radius 2 is 1.76 bits per heavy atom. The molecule has 2 aromatic heterocycles. The van der Waals surface area contributed by atoms with E-state index >= 15 is 0 Å². The van der Waals surface area contributed by atoms with Crippen LogP contribution in [0.15, 0.2) is 55.0 Å². The minimum Gasteiger partial charge on any atom is -0.307 e. The molecule has 0 aliphatic rings. The molecule has 0 saturated heterocycles. The second-order valence-corrected chi connectivity index (χ2v) is 4.91. The zero-order valence-electron chi connectivity index (χ0n) is 12.0. The number of benzene rings is 1. The predicted octanol–water partition coefficient (Wildman–Crippen LogP) is 2.92. The lowest BCUT2D eigenvalue weighted by molar-refractivity contribution is 0.522. The van der Waals surface area contributed by atoms with E-state index in [0.29, 0.717) is 0 Å². The van der Waals surface area contributed by atoms with Gasteiger partial charge in [0.15, 0.2) is 0 Å². The molecular formula is C17H18N4. The molecule has 0 aliphatic carbocycles. The molecule has 1 aromatic carbocycles. The number of pyridine rings is 1. The number of hydrogen-bond donors (Lipinski definition) is 1. The van der Waals surface area contributed by atoms with Gasteiger partial charge in [-0.05, 0) is 36.7 Å². The van der Waals surface area contributed by atoms with Gasteiger partial charge in [-0.1, -0.05) is 25.1 Å². The van der Waals surface area contributed by atoms with Crippen LogP contribution >= 0.6 is 0 Å². The third-order valence-electron chi connectivity index (χ3n) is 3.51. The van der Waals surface area contributed by atoms with Crippen molar-refractivity contribution in [2.45, 2.75) is 19.4 Å². The number of aromatic nitrogens is 3. The summed E-state index contributed by atoms with van der Waals surface area (Å²) in [5.74, 6) is 0.834. The second-order valence-electron chi connectivity index (χ2n) is 4.91. The molecule has 4 heteroatoms. The zero-order valence-corrected chi connectivity index (χ0v) is 12.0. The second kappa shape index (κ2) is 6.41. The highest BCUT2D eigenvalue weighted by atomic mass is 15.0. The third-order valence-corrected chi connectivity index (χ3v) is 3.51. The lowest BCUT2D eigenvalue weighted by Gasteiger charge is -2.17. The van der Waals surface area contributed by atoms with Gasteiger partial charge in [0.25, 0.3) is 0 Å². The quantitative estimate of drug-likeness (QED) is 0.779. The molecule has 3 rings (SSSR count). The van der Waals surface area contributed by atoms with E-state index in [4.69, 9.17) is 0 Å². The molecule has 1 unspecified atom stereocenters. The highest BCUT2D eigenvalue weighted by Gasteiger charge is 2.15. The molecule has 2 heterocycles. The first-order valence-corrected chi connectivity index (χ1v) is 7.21. The number of nitrogens with zero attached hydrogens (tertiary/aromatic N) is 3. The van der Waals surface area contributed by atoms with E-state index in [1.54, 1.807) is 12.4 Å². The van der Waals surface area contributed by atoms with Gasteiger partial charge in [-0.3, -0.25) is 4.98 Å². The summed E-state index contributed by atoms with van der Waals surface area (Å²) in [6.45, 7) is 2.98. The van der Waals surface area contributed by atoms with Gasteiger partial charge in [0, 0.05) is 24.0 Å². The van der Waals surface area contributed by atoms with Gasteiger partial charge in [-0.15, -0.1) is 0 Å². The van der Waals surface area contributed by atoms with Crippen molar-refractivity contribution in [2.75, 3.05) is 6.54 Å². The number of likely N-dealkylation sites (N-methyl/N-ethyl adjacent to an activating group) is 1. The summed E-state index contributed by atoms with van der Waals surface area (Å²) in [7, 11) is 0. The largest absolute Gasteiger partial charge is 0.307 e. The van der Waals surface area contributed by atoms with Crippen molar-refractivity contribution < 1.29 is 0 Å². The molecule has 0 fully saturated rings. The van der Waals surface area contributed by atoms with Crippen LogP contribution in [0.25, 0.3) is 10.9 Å². The summed E-state index contributed by atoms with van der Waals surface area (Å²) < 4.78 is 0. The van der Waals surface area contributed by atoms with Gasteiger partial charge in [0.2, 0.25) is 0 Å². The van der Waals surface area contributed by atoms with Crippen LogP contribution in [0.2, 0.25) is 0 Å². The number of fused-ring (bicyclic) bond motifs is 1. The number of rotatable bonds is 5. The Hall–Kier alpha value is -2.33. The molecule has 3 aromatic rings. The summed E-state index contributed by atoms with van der Waals surface area (Å²) in [6, 6.07) is 12.3. The van der Waals surface area contributed by atoms with Crippen molar-refractivity contribution in [3.05, 3.63) is 66.4 Å². The summed E-state index contributed by atoms with van der Waals surface area (Å²) >= 11 is 0. The van der Waals surface area contributed by atoms with Gasteiger partial charge >= 0.3 is 0 Å². The van der Waals surface area contributed by atoms with Crippen LogP contribution in [0, 0.1) is 0 Å². The monoisotopic (exact) mass is 278 g/mol. The molecular weight excluding hydrogens is 260 g/mol. The summed E-state index contributed by atoms with van der Waals surface area (Å²) in [5.41, 5.74) is 2.29. The van der Waals surface area contributed by atoms with E-state index in [1.807, 2.05) is 24.4 Å². The first-order valence-electron chi connectivity index (χ1n) is 7.21. The zero-order chi connectivity index (χ0) is 14.5. The van der Waals surface area contributed by atoms with E-state index in [2.05, 4.69) is 45.4 Å². The fourth-order valence-electron chi connectivity index (χ4n) is 2.54. The predicted molar refractivity (Wildman–Crippen MR) is 83.9 cm³/mol. The fourth-order valence-corrected chi connectivity index (χ4v) is 2.54. The molecule has 4 nitrogen and oxygen atoms in total. The van der Waals surface area contributed by atoms with Crippen LogP contribution in [0.1, 0.15) is 24.4 Å². The van der Waals surface area contributed by atoms with Crippen molar-refractivity contribution >= 4 is 10.9 Å². The average Bonchev–Trinajstić information content (AvgIpc) is 2.55. The number of para-hydroxylation sites is 1. The van der Waals surface area contributed by atoms with Crippen LogP contribution in [0.5, 0.6) is 0 Å². The molecule has 106 valence electrons. The number of hydrogen-bond acceptors (Lipinski definition) is 4. The van der Waals surface area contributed by atoms with Crippen molar-refractivity contribution in [1.29, 1.82) is 0 Å². The van der Waals surface area contributed by atoms with Gasteiger partial charge in [0.05, 0.1) is 11.6 Å². The van der Waals surface area contributed by atoms with Crippen LogP contribution in [-0.2, 0) is 6.42 Å². The van der Waals surface area contributed by atoms with Crippen molar-refractivity contribution in [3.63, 3.8) is 0 Å². The Labute approximate surface area is 124 Å². The third kappa shape index (κ3) is 3.06. The maximum atomic E-state index is 4.42. The highest BCUT2D eigenvalue weighted by molar-refractivity contribution is 5.81. The molecule has 1 atom stereocenters. The van der Waals surface area contributed by atoms with E-state index < -0.39 is 0 Å². The summed E-state index contributed by atoms with van der Waals surface area (Å²) in [4.78, 5) is 13.2. The van der Waals surface area contributed by atoms with Gasteiger partial charge < -0.3 is 5.32 Å². The lowest BCUT2D eigenvalue weighted by Crippen LogP contribution is -2.25. The lowest BCUT2D eigenvalue weighted by atomic mass is 10.0. The molecule has 1 N–H and O–H groups in total. The Kier molecular flexibility index (Phi) is 4.17. The Bertz CT molecular complexity index is 707. The standard InChI is InChI=1S/C17H18N4/c1-2-18-16(17-20-9-5-10-21-17)12-13-8-11-19-15-7-4-3-6-14(13)15/h3-11,16,18H,2,12H2,1H3. The van der Waals surface area contributed by atoms with Crippen LogP contribution in [-0.4, -0.2) is 21.5 Å². The highest BCUT2D eigenvalue weighted by Crippen LogP contribution is 2.21. The molecule has 21 heavy (non-hydrogen) atoms. The molecule has 0 bridgehead atoms. The van der Waals surface area contributed by atoms with E-state index in [1.165, 1.54) is 10.9 Å². The molecule has 0 saturated carbocycles. The molecule has 0 radical (unpaired) electrons. The molecule has 0 spiro atoms. The fraction of sp³-hybridized carbons (Fsp3) is 0.235. The Morgan fingerprint density at radius 3 is 2.57 bits per heavy atom. The van der Waals surface area contributed by atoms with Crippen molar-refractivity contribution in [2.24, 2.45) is 0 Å². The first-order chi connectivity index (χ1) is 10.4. The Morgan fingerprint density at radius 1 is 0.952 bits per heavy atom. The minimum absolute atomic E-state index is 0.113. The molecule has 0 amide bonds. The summed E-state index contributed by atoms with van der Waals surface area (Å²) in [6.07, 6.45) is 6.29. The summed E-state index contributed by atoms with van der Waals surface area (Å²) in [5, 5.41) is 4.66. The number of nitrogens with one attached hydrogen (secondary N) is 1. The minimum atomic E-state index is 0.113. The topological polar surface area (TPSA) is 50.7 Å². The maximum Gasteiger partial charge on any atom is 0.145 e. The smallest absolute Gasteiger partial charge is 0.145 e. The average molecular weight is 278 g/mol. The van der Waals surface area contributed by atoms with Crippen LogP contribution < -0.4 is 5.32 Å². The van der Waals surface area contributed by atoms with Gasteiger partial charge in [-0.2, -0.15) is 0 Å². The SMILES string of the molecule is CCNC(Cc1ccnc2ccccc12)c1ncccn1. The van der Waals surface area contributed by atoms with Crippen molar-refractivity contribution in [1.82, 2.24) is 20.3 Å².